The molecule has 1 fully saturated rings. The van der Waals surface area contributed by atoms with Crippen LogP contribution in [0, 0.1) is 0 Å². The Morgan fingerprint density at radius 1 is 1.05 bits per heavy atom. The molecule has 1 atom stereocenters. The van der Waals surface area contributed by atoms with Crippen LogP contribution in [0.1, 0.15) is 103 Å². The largest absolute Gasteiger partial charge is 0.444 e. The number of aryl methyl sites for hydroxylation is 1. The molecule has 0 spiro atoms. The Morgan fingerprint density at radius 2 is 1.79 bits per heavy atom. The van der Waals surface area contributed by atoms with E-state index in [0.29, 0.717) is 12.4 Å². The monoisotopic (exact) mass is 575 g/mol. The topological polar surface area (TPSA) is 98.6 Å². The van der Waals surface area contributed by atoms with E-state index in [1.807, 2.05) is 78.1 Å². The first-order chi connectivity index (χ1) is 19.8. The van der Waals surface area contributed by atoms with Gasteiger partial charge in [-0.05, 0) is 117 Å². The summed E-state index contributed by atoms with van der Waals surface area (Å²) in [6.45, 7) is 12.5. The number of carbonyl (C=O) groups excluding carboxylic acids is 2. The molecule has 1 N–H and O–H groups in total. The van der Waals surface area contributed by atoms with Crippen LogP contribution in [0.5, 0.6) is 0 Å². The Labute approximate surface area is 249 Å². The number of imidazole rings is 1. The zero-order valence-corrected chi connectivity index (χ0v) is 25.9. The van der Waals surface area contributed by atoms with E-state index >= 15 is 0 Å². The minimum atomic E-state index is -0.634. The van der Waals surface area contributed by atoms with Crippen molar-refractivity contribution >= 4 is 23.2 Å². The first kappa shape index (κ1) is 30.0. The fourth-order valence-electron chi connectivity index (χ4n) is 5.89. The van der Waals surface area contributed by atoms with Gasteiger partial charge >= 0.3 is 12.2 Å². The van der Waals surface area contributed by atoms with Crippen LogP contribution in [0.15, 0.2) is 42.6 Å². The lowest BCUT2D eigenvalue weighted by molar-refractivity contribution is 0.0489. The SMILES string of the molecule is CC(C)(C)OC(=O)NC1(CCCN(Cc2nc3ccccc3n2C(=O)OC(C)(C)C)C2CCCc3cccnc32)CC1. The average Bonchev–Trinajstić information content (AvgIpc) is 3.54. The number of hydrogen-bond donors (Lipinski definition) is 1. The number of para-hydroxylation sites is 2. The molecule has 5 rings (SSSR count). The van der Waals surface area contributed by atoms with Gasteiger partial charge in [-0.3, -0.25) is 9.88 Å². The molecule has 2 aliphatic carbocycles. The molecule has 0 saturated heterocycles. The number of fused-ring (bicyclic) bond motifs is 2. The molecule has 0 bridgehead atoms. The number of rotatable bonds is 8. The highest BCUT2D eigenvalue weighted by Crippen LogP contribution is 2.41. The second-order valence-electron chi connectivity index (χ2n) is 13.8. The van der Waals surface area contributed by atoms with E-state index in [4.69, 9.17) is 19.4 Å². The summed E-state index contributed by atoms with van der Waals surface area (Å²) in [6, 6.07) is 12.0. The molecule has 9 nitrogen and oxygen atoms in total. The van der Waals surface area contributed by atoms with Crippen molar-refractivity contribution in [1.29, 1.82) is 0 Å². The Morgan fingerprint density at radius 3 is 2.50 bits per heavy atom. The summed E-state index contributed by atoms with van der Waals surface area (Å²) in [5, 5.41) is 3.14. The Bertz CT molecular complexity index is 1430. The molecule has 0 aliphatic heterocycles. The summed E-state index contributed by atoms with van der Waals surface area (Å²) in [6.07, 6.45) is 7.81. The van der Waals surface area contributed by atoms with Crippen molar-refractivity contribution in [2.75, 3.05) is 6.54 Å². The molecule has 1 saturated carbocycles. The van der Waals surface area contributed by atoms with Gasteiger partial charge < -0.3 is 14.8 Å². The van der Waals surface area contributed by atoms with Crippen LogP contribution in [0.2, 0.25) is 0 Å². The molecule has 0 radical (unpaired) electrons. The van der Waals surface area contributed by atoms with Crippen molar-refractivity contribution in [3.63, 3.8) is 0 Å². The van der Waals surface area contributed by atoms with Gasteiger partial charge in [-0.25, -0.2) is 19.1 Å². The molecular weight excluding hydrogens is 530 g/mol. The molecule has 2 aromatic heterocycles. The van der Waals surface area contributed by atoms with Crippen molar-refractivity contribution in [1.82, 2.24) is 24.8 Å². The van der Waals surface area contributed by atoms with E-state index in [1.54, 1.807) is 4.57 Å². The zero-order valence-electron chi connectivity index (χ0n) is 25.9. The molecular formula is C33H45N5O4. The van der Waals surface area contributed by atoms with Gasteiger partial charge in [0, 0.05) is 11.7 Å². The molecule has 3 aromatic rings. The molecule has 2 heterocycles. The summed E-state index contributed by atoms with van der Waals surface area (Å²) in [5.74, 6) is 0.654. The van der Waals surface area contributed by atoms with Crippen molar-refractivity contribution in [3.05, 3.63) is 59.7 Å². The summed E-state index contributed by atoms with van der Waals surface area (Å²) in [5.41, 5.74) is 2.52. The lowest BCUT2D eigenvalue weighted by atomic mass is 9.90. The third-order valence-electron chi connectivity index (χ3n) is 7.88. The second kappa shape index (κ2) is 11.7. The maximum Gasteiger partial charge on any atom is 0.420 e. The minimum absolute atomic E-state index is 0.107. The van der Waals surface area contributed by atoms with Gasteiger partial charge in [-0.15, -0.1) is 0 Å². The first-order valence-electron chi connectivity index (χ1n) is 15.2. The van der Waals surface area contributed by atoms with E-state index in [-0.39, 0.29) is 17.7 Å². The number of nitrogens with one attached hydrogen (secondary N) is 1. The number of ether oxygens (including phenoxy) is 2. The van der Waals surface area contributed by atoms with Crippen molar-refractivity contribution < 1.29 is 19.1 Å². The zero-order chi connectivity index (χ0) is 30.1. The van der Waals surface area contributed by atoms with Gasteiger partial charge in [-0.1, -0.05) is 18.2 Å². The number of aromatic nitrogens is 3. The fraction of sp³-hybridized carbons (Fsp3) is 0.576. The van der Waals surface area contributed by atoms with Gasteiger partial charge in [0.1, 0.15) is 17.0 Å². The molecule has 226 valence electrons. The van der Waals surface area contributed by atoms with Gasteiger partial charge in [0.05, 0.1) is 29.3 Å². The number of pyridine rings is 1. The van der Waals surface area contributed by atoms with Crippen LogP contribution in [0.25, 0.3) is 11.0 Å². The number of hydrogen-bond acceptors (Lipinski definition) is 7. The first-order valence-corrected chi connectivity index (χ1v) is 15.2. The second-order valence-corrected chi connectivity index (χ2v) is 13.8. The van der Waals surface area contributed by atoms with Gasteiger partial charge in [0.2, 0.25) is 0 Å². The number of benzene rings is 1. The van der Waals surface area contributed by atoms with Crippen LogP contribution < -0.4 is 5.32 Å². The van der Waals surface area contributed by atoms with E-state index in [2.05, 4.69) is 16.3 Å². The number of carbonyl (C=O) groups is 2. The van der Waals surface area contributed by atoms with Crippen LogP contribution in [0.3, 0.4) is 0 Å². The van der Waals surface area contributed by atoms with Gasteiger partial charge in [-0.2, -0.15) is 0 Å². The van der Waals surface area contributed by atoms with E-state index in [1.165, 1.54) is 5.56 Å². The third-order valence-corrected chi connectivity index (χ3v) is 7.88. The van der Waals surface area contributed by atoms with E-state index in [9.17, 15) is 9.59 Å². The molecule has 9 heteroatoms. The van der Waals surface area contributed by atoms with Gasteiger partial charge in [0.25, 0.3) is 0 Å². The predicted octanol–water partition coefficient (Wildman–Crippen LogP) is 6.93. The average molecular weight is 576 g/mol. The standard InChI is InChI=1S/C33H45N5O4/c1-31(2,3)41-29(39)36-33(18-19-33)17-11-21-37(26-16-9-12-23-13-10-20-34-28(23)26)22-27-35-24-14-7-8-15-25(24)38(27)30(40)42-32(4,5)6/h7-8,10,13-15,20,26H,9,11-12,16-19,21-22H2,1-6H3,(H,36,39). The molecule has 2 aliphatic rings. The number of amides is 1. The van der Waals surface area contributed by atoms with Crippen LogP contribution in [-0.2, 0) is 22.4 Å². The highest BCUT2D eigenvalue weighted by atomic mass is 16.6. The van der Waals surface area contributed by atoms with Gasteiger partial charge in [0.15, 0.2) is 0 Å². The predicted molar refractivity (Wildman–Crippen MR) is 162 cm³/mol. The summed E-state index contributed by atoms with van der Waals surface area (Å²) in [4.78, 5) is 38.2. The Balaban J connectivity index is 1.40. The fourth-order valence-corrected chi connectivity index (χ4v) is 5.89. The van der Waals surface area contributed by atoms with E-state index < -0.39 is 17.3 Å². The van der Waals surface area contributed by atoms with Crippen molar-refractivity contribution in [3.8, 4) is 0 Å². The third kappa shape index (κ3) is 7.30. The molecule has 1 aromatic carbocycles. The van der Waals surface area contributed by atoms with Crippen LogP contribution in [0.4, 0.5) is 9.59 Å². The number of nitrogens with zero attached hydrogens (tertiary/aromatic N) is 4. The van der Waals surface area contributed by atoms with Crippen molar-refractivity contribution in [2.24, 2.45) is 0 Å². The lowest BCUT2D eigenvalue weighted by Gasteiger charge is -2.35. The maximum atomic E-state index is 13.5. The molecule has 42 heavy (non-hydrogen) atoms. The van der Waals surface area contributed by atoms with Crippen LogP contribution in [-0.4, -0.2) is 54.9 Å². The number of alkyl carbamates (subject to hydrolysis) is 1. The van der Waals surface area contributed by atoms with Crippen molar-refractivity contribution in [2.45, 2.75) is 116 Å². The highest BCUT2D eigenvalue weighted by molar-refractivity contribution is 5.87. The normalized spacial score (nSPS) is 18.0. The summed E-state index contributed by atoms with van der Waals surface area (Å²) >= 11 is 0. The molecule has 1 unspecified atom stereocenters. The summed E-state index contributed by atoms with van der Waals surface area (Å²) < 4.78 is 13.0. The highest BCUT2D eigenvalue weighted by Gasteiger charge is 2.44. The molecule has 1 amide bonds. The smallest absolute Gasteiger partial charge is 0.420 e. The lowest BCUT2D eigenvalue weighted by Crippen LogP contribution is -2.41. The Hall–Kier alpha value is -3.46. The maximum absolute atomic E-state index is 13.5. The Kier molecular flexibility index (Phi) is 8.34. The van der Waals surface area contributed by atoms with E-state index in [0.717, 1.165) is 68.2 Å². The van der Waals surface area contributed by atoms with Crippen LogP contribution >= 0.6 is 0 Å². The minimum Gasteiger partial charge on any atom is -0.444 e. The quantitative estimate of drug-likeness (QED) is 0.311. The summed E-state index contributed by atoms with van der Waals surface area (Å²) in [7, 11) is 0.